The molecule has 2 aliphatic heterocycles. The molecule has 0 bridgehead atoms. The SMILES string of the molecule is CCOC(=O)N1CCN(C(=O)CN2c3ccccc3NC3=C(C(=O)CC(C)(C)C3)C2c2cccc([N+](=O)[O-])c2)CC1. The van der Waals surface area contributed by atoms with Crippen LogP contribution in [0, 0.1) is 15.5 Å². The van der Waals surface area contributed by atoms with Gasteiger partial charge in [0.25, 0.3) is 5.69 Å². The molecule has 1 fully saturated rings. The van der Waals surface area contributed by atoms with Gasteiger partial charge in [-0.1, -0.05) is 38.1 Å². The fraction of sp³-hybridized carbons (Fsp3) is 0.433. The van der Waals surface area contributed by atoms with E-state index in [4.69, 9.17) is 4.74 Å². The Labute approximate surface area is 238 Å². The lowest BCUT2D eigenvalue weighted by Crippen LogP contribution is -2.53. The first-order valence-electron chi connectivity index (χ1n) is 13.9. The largest absolute Gasteiger partial charge is 0.450 e. The summed E-state index contributed by atoms with van der Waals surface area (Å²) in [5.74, 6) is -0.208. The second kappa shape index (κ2) is 11.2. The molecule has 1 unspecified atom stereocenters. The number of non-ortho nitro benzene ring substituents is 1. The number of ketones is 1. The minimum Gasteiger partial charge on any atom is -0.450 e. The highest BCUT2D eigenvalue weighted by Gasteiger charge is 2.42. The maximum absolute atomic E-state index is 13.8. The summed E-state index contributed by atoms with van der Waals surface area (Å²) >= 11 is 0. The van der Waals surface area contributed by atoms with E-state index in [9.17, 15) is 24.5 Å². The molecule has 0 radical (unpaired) electrons. The maximum Gasteiger partial charge on any atom is 0.409 e. The van der Waals surface area contributed by atoms with Crippen LogP contribution in [0.15, 0.2) is 59.8 Å². The van der Waals surface area contributed by atoms with Gasteiger partial charge in [-0.2, -0.15) is 0 Å². The van der Waals surface area contributed by atoms with Gasteiger partial charge in [-0.25, -0.2) is 4.79 Å². The molecule has 11 nitrogen and oxygen atoms in total. The first-order valence-corrected chi connectivity index (χ1v) is 13.9. The average Bonchev–Trinajstić information content (AvgIpc) is 3.07. The fourth-order valence-electron chi connectivity index (χ4n) is 5.98. The molecule has 2 heterocycles. The molecule has 2 amide bonds. The Balaban J connectivity index is 1.55. The Bertz CT molecular complexity index is 1410. The highest BCUT2D eigenvalue weighted by Crippen LogP contribution is 2.48. The number of ether oxygens (including phenoxy) is 1. The summed E-state index contributed by atoms with van der Waals surface area (Å²) in [6, 6.07) is 13.2. The van der Waals surface area contributed by atoms with Crippen LogP contribution >= 0.6 is 0 Å². The monoisotopic (exact) mass is 561 g/mol. The molecule has 0 aromatic heterocycles. The van der Waals surface area contributed by atoms with Gasteiger partial charge in [0.1, 0.15) is 0 Å². The summed E-state index contributed by atoms with van der Waals surface area (Å²) in [6.45, 7) is 7.51. The van der Waals surface area contributed by atoms with Gasteiger partial charge in [0.05, 0.1) is 35.5 Å². The highest BCUT2D eigenvalue weighted by atomic mass is 16.6. The van der Waals surface area contributed by atoms with Crippen molar-refractivity contribution in [3.63, 3.8) is 0 Å². The number of benzene rings is 2. The molecule has 3 aliphatic rings. The highest BCUT2D eigenvalue weighted by molar-refractivity contribution is 6.02. The molecular formula is C30H35N5O6. The van der Waals surface area contributed by atoms with Gasteiger partial charge in [0, 0.05) is 56.0 Å². The average molecular weight is 562 g/mol. The number of Topliss-reactive ketones (excluding diaryl/α,β-unsaturated/α-hetero) is 1. The van der Waals surface area contributed by atoms with E-state index in [2.05, 4.69) is 5.32 Å². The van der Waals surface area contributed by atoms with Crippen LogP contribution in [0.25, 0.3) is 0 Å². The zero-order chi connectivity index (χ0) is 29.3. The van der Waals surface area contributed by atoms with E-state index in [1.165, 1.54) is 12.1 Å². The van der Waals surface area contributed by atoms with E-state index >= 15 is 0 Å². The minimum absolute atomic E-state index is 0.0476. The third-order valence-electron chi connectivity index (χ3n) is 7.86. The van der Waals surface area contributed by atoms with Crippen molar-refractivity contribution in [1.82, 2.24) is 9.80 Å². The number of carbonyl (C=O) groups excluding carboxylic acids is 3. The third kappa shape index (κ3) is 5.75. The van der Waals surface area contributed by atoms with Crippen molar-refractivity contribution >= 4 is 34.8 Å². The number of fused-ring (bicyclic) bond motifs is 1. The van der Waals surface area contributed by atoms with Gasteiger partial charge in [-0.05, 0) is 36.5 Å². The molecule has 41 heavy (non-hydrogen) atoms. The van der Waals surface area contributed by atoms with Gasteiger partial charge in [-0.15, -0.1) is 0 Å². The first kappa shape index (κ1) is 28.1. The summed E-state index contributed by atoms with van der Waals surface area (Å²) < 4.78 is 5.10. The standard InChI is InChI=1S/C30H35N5O6/c1-4-41-29(38)33-14-12-32(13-15-33)26(37)19-34-24-11-6-5-10-22(24)31-23-17-30(2,3)18-25(36)27(23)28(34)20-8-7-9-21(16-20)35(39)40/h5-11,16,28,31H,4,12-15,17-19H2,1-3H3. The number of para-hydroxylation sites is 2. The van der Waals surface area contributed by atoms with Gasteiger partial charge in [0.15, 0.2) is 5.78 Å². The normalized spacial score (nSPS) is 20.0. The lowest BCUT2D eigenvalue weighted by Gasteiger charge is -2.39. The zero-order valence-corrected chi connectivity index (χ0v) is 23.6. The van der Waals surface area contributed by atoms with E-state index in [1.807, 2.05) is 43.0 Å². The van der Waals surface area contributed by atoms with Crippen molar-refractivity contribution in [3.8, 4) is 0 Å². The summed E-state index contributed by atoms with van der Waals surface area (Å²) in [4.78, 5) is 56.2. The molecule has 2 aromatic carbocycles. The molecule has 216 valence electrons. The van der Waals surface area contributed by atoms with Crippen LogP contribution in [-0.4, -0.2) is 71.8 Å². The maximum atomic E-state index is 13.8. The Kier molecular flexibility index (Phi) is 7.70. The van der Waals surface area contributed by atoms with E-state index in [1.54, 1.807) is 28.9 Å². The fourth-order valence-corrected chi connectivity index (χ4v) is 5.98. The van der Waals surface area contributed by atoms with Crippen molar-refractivity contribution in [2.45, 2.75) is 39.7 Å². The lowest BCUT2D eigenvalue weighted by molar-refractivity contribution is -0.384. The number of nitro groups is 1. The molecular weight excluding hydrogens is 526 g/mol. The first-order chi connectivity index (χ1) is 19.6. The molecule has 11 heteroatoms. The molecule has 2 aromatic rings. The number of nitrogens with zero attached hydrogens (tertiary/aromatic N) is 4. The zero-order valence-electron chi connectivity index (χ0n) is 23.6. The number of nitro benzene ring substituents is 1. The summed E-state index contributed by atoms with van der Waals surface area (Å²) in [6.07, 6.45) is 0.550. The van der Waals surface area contributed by atoms with Crippen molar-refractivity contribution < 1.29 is 24.0 Å². The molecule has 0 saturated carbocycles. The number of piperazine rings is 1. The van der Waals surface area contributed by atoms with Crippen molar-refractivity contribution in [1.29, 1.82) is 0 Å². The predicted octanol–water partition coefficient (Wildman–Crippen LogP) is 4.51. The molecule has 1 N–H and O–H groups in total. The second-order valence-corrected chi connectivity index (χ2v) is 11.4. The Morgan fingerprint density at radius 1 is 1.05 bits per heavy atom. The van der Waals surface area contributed by atoms with E-state index < -0.39 is 17.1 Å². The van der Waals surface area contributed by atoms with Crippen LogP contribution in [0.4, 0.5) is 21.9 Å². The van der Waals surface area contributed by atoms with Crippen LogP contribution in [0.1, 0.15) is 45.2 Å². The number of hydrogen-bond acceptors (Lipinski definition) is 8. The van der Waals surface area contributed by atoms with Gasteiger partial charge < -0.3 is 24.8 Å². The number of nitrogens with one attached hydrogen (secondary N) is 1. The van der Waals surface area contributed by atoms with Gasteiger partial charge in [0.2, 0.25) is 5.91 Å². The Morgan fingerprint density at radius 2 is 1.76 bits per heavy atom. The smallest absolute Gasteiger partial charge is 0.409 e. The van der Waals surface area contributed by atoms with Crippen LogP contribution < -0.4 is 10.2 Å². The van der Waals surface area contributed by atoms with Gasteiger partial charge in [-0.3, -0.25) is 19.7 Å². The lowest BCUT2D eigenvalue weighted by atomic mass is 9.73. The molecule has 1 saturated heterocycles. The Hall–Kier alpha value is -4.41. The third-order valence-corrected chi connectivity index (χ3v) is 7.86. The van der Waals surface area contributed by atoms with Crippen molar-refractivity contribution in [3.05, 3.63) is 75.5 Å². The van der Waals surface area contributed by atoms with Crippen LogP contribution in [0.5, 0.6) is 0 Å². The second-order valence-electron chi connectivity index (χ2n) is 11.4. The number of hydrogen-bond donors (Lipinski definition) is 1. The number of amides is 2. The molecule has 5 rings (SSSR count). The topological polar surface area (TPSA) is 125 Å². The van der Waals surface area contributed by atoms with Crippen molar-refractivity contribution in [2.24, 2.45) is 5.41 Å². The van der Waals surface area contributed by atoms with Gasteiger partial charge >= 0.3 is 6.09 Å². The summed E-state index contributed by atoms with van der Waals surface area (Å²) in [5.41, 5.74) is 3.00. The Morgan fingerprint density at radius 3 is 2.46 bits per heavy atom. The minimum atomic E-state index is -0.713. The number of allylic oxidation sites excluding steroid dienone is 1. The predicted molar refractivity (Wildman–Crippen MR) is 153 cm³/mol. The van der Waals surface area contributed by atoms with Crippen molar-refractivity contribution in [2.75, 3.05) is 49.5 Å². The van der Waals surface area contributed by atoms with E-state index in [0.29, 0.717) is 50.2 Å². The molecule has 1 aliphatic carbocycles. The van der Waals surface area contributed by atoms with Crippen LogP contribution in [0.3, 0.4) is 0 Å². The van der Waals surface area contributed by atoms with Crippen LogP contribution in [-0.2, 0) is 14.3 Å². The summed E-state index contributed by atoms with van der Waals surface area (Å²) in [5, 5.41) is 15.2. The number of carbonyl (C=O) groups is 3. The quantitative estimate of drug-likeness (QED) is 0.418. The van der Waals surface area contributed by atoms with E-state index in [-0.39, 0.29) is 35.9 Å². The number of rotatable bonds is 5. The number of anilines is 2. The van der Waals surface area contributed by atoms with Crippen LogP contribution in [0.2, 0.25) is 0 Å². The summed E-state index contributed by atoms with van der Waals surface area (Å²) in [7, 11) is 0. The molecule has 1 atom stereocenters. The van der Waals surface area contributed by atoms with E-state index in [0.717, 1.165) is 17.1 Å². The molecule has 0 spiro atoms.